The second kappa shape index (κ2) is 5.42. The standard InChI is InChI=1S/C20H13NO3/c1-24-14-7-5-12(6-8-14)18-10-16-13(11-21-18)9-17-15(20(16)23)3-2-4-19(17)22/h2-11H,1H3. The van der Waals surface area contributed by atoms with Gasteiger partial charge in [-0.05, 0) is 42.5 Å². The van der Waals surface area contributed by atoms with Gasteiger partial charge >= 0.3 is 0 Å². The number of benzene rings is 1. The van der Waals surface area contributed by atoms with E-state index in [1.165, 1.54) is 6.08 Å². The van der Waals surface area contributed by atoms with Crippen LogP contribution in [0.15, 0.2) is 65.9 Å². The third kappa shape index (κ3) is 2.20. The molecule has 1 heterocycles. The molecule has 2 aliphatic rings. The molecule has 0 saturated carbocycles. The molecule has 0 atom stereocenters. The van der Waals surface area contributed by atoms with Crippen LogP contribution in [0.3, 0.4) is 0 Å². The zero-order chi connectivity index (χ0) is 16.7. The van der Waals surface area contributed by atoms with Crippen LogP contribution in [0.1, 0.15) is 15.9 Å². The fourth-order valence-corrected chi connectivity index (χ4v) is 2.89. The fourth-order valence-electron chi connectivity index (χ4n) is 2.89. The summed E-state index contributed by atoms with van der Waals surface area (Å²) in [5.41, 5.74) is 3.73. The van der Waals surface area contributed by atoms with Crippen LogP contribution in [0.4, 0.5) is 0 Å². The van der Waals surface area contributed by atoms with Crippen molar-refractivity contribution in [3.05, 3.63) is 77.0 Å². The molecule has 2 aromatic rings. The van der Waals surface area contributed by atoms with E-state index in [4.69, 9.17) is 4.74 Å². The number of pyridine rings is 1. The predicted molar refractivity (Wildman–Crippen MR) is 90.8 cm³/mol. The van der Waals surface area contributed by atoms with Crippen molar-refractivity contribution < 1.29 is 14.3 Å². The lowest BCUT2D eigenvalue weighted by Gasteiger charge is -2.19. The molecule has 24 heavy (non-hydrogen) atoms. The van der Waals surface area contributed by atoms with E-state index in [1.807, 2.05) is 24.3 Å². The summed E-state index contributed by atoms with van der Waals surface area (Å²) in [7, 11) is 1.61. The Morgan fingerprint density at radius 3 is 2.58 bits per heavy atom. The Balaban J connectivity index is 1.81. The van der Waals surface area contributed by atoms with Gasteiger partial charge in [0.15, 0.2) is 11.6 Å². The Hall–Kier alpha value is -3.27. The van der Waals surface area contributed by atoms with E-state index >= 15 is 0 Å². The van der Waals surface area contributed by atoms with E-state index in [9.17, 15) is 9.59 Å². The topological polar surface area (TPSA) is 56.3 Å². The van der Waals surface area contributed by atoms with Gasteiger partial charge in [-0.1, -0.05) is 12.2 Å². The summed E-state index contributed by atoms with van der Waals surface area (Å²) >= 11 is 0. The van der Waals surface area contributed by atoms with Gasteiger partial charge in [0.1, 0.15) is 5.75 Å². The highest BCUT2D eigenvalue weighted by Gasteiger charge is 2.28. The Bertz CT molecular complexity index is 963. The van der Waals surface area contributed by atoms with Gasteiger partial charge in [0.2, 0.25) is 0 Å². The highest BCUT2D eigenvalue weighted by atomic mass is 16.5. The van der Waals surface area contributed by atoms with Crippen molar-refractivity contribution in [2.45, 2.75) is 0 Å². The first-order valence-corrected chi connectivity index (χ1v) is 7.51. The smallest absolute Gasteiger partial charge is 0.194 e. The Labute approximate surface area is 138 Å². The van der Waals surface area contributed by atoms with Crippen LogP contribution in [-0.2, 0) is 4.79 Å². The highest BCUT2D eigenvalue weighted by molar-refractivity contribution is 6.27. The molecule has 0 aliphatic heterocycles. The van der Waals surface area contributed by atoms with Crippen molar-refractivity contribution in [2.24, 2.45) is 0 Å². The zero-order valence-electron chi connectivity index (χ0n) is 12.9. The van der Waals surface area contributed by atoms with Gasteiger partial charge in [-0.3, -0.25) is 14.6 Å². The number of aromatic nitrogens is 1. The molecule has 116 valence electrons. The number of carbonyl (C=O) groups excluding carboxylic acids is 2. The van der Waals surface area contributed by atoms with Gasteiger partial charge in [0, 0.05) is 34.0 Å². The number of fused-ring (bicyclic) bond motifs is 2. The van der Waals surface area contributed by atoms with Crippen LogP contribution >= 0.6 is 0 Å². The molecular weight excluding hydrogens is 302 g/mol. The number of Topliss-reactive ketones (excluding diaryl/α,β-unsaturated/α-hetero) is 1. The number of allylic oxidation sites excluding steroid dienone is 5. The van der Waals surface area contributed by atoms with Gasteiger partial charge in [-0.25, -0.2) is 0 Å². The molecule has 2 aliphatic carbocycles. The van der Waals surface area contributed by atoms with Crippen molar-refractivity contribution in [3.63, 3.8) is 0 Å². The van der Waals surface area contributed by atoms with Gasteiger partial charge in [0.05, 0.1) is 12.8 Å². The maximum Gasteiger partial charge on any atom is 0.194 e. The monoisotopic (exact) mass is 315 g/mol. The predicted octanol–water partition coefficient (Wildman–Crippen LogP) is 3.40. The molecule has 4 nitrogen and oxygen atoms in total. The molecule has 0 amide bonds. The second-order valence-electron chi connectivity index (χ2n) is 5.58. The van der Waals surface area contributed by atoms with E-state index in [-0.39, 0.29) is 11.6 Å². The largest absolute Gasteiger partial charge is 0.497 e. The van der Waals surface area contributed by atoms with Gasteiger partial charge in [-0.15, -0.1) is 0 Å². The van der Waals surface area contributed by atoms with Crippen LogP contribution in [0.25, 0.3) is 17.3 Å². The lowest BCUT2D eigenvalue weighted by molar-refractivity contribution is -0.111. The summed E-state index contributed by atoms with van der Waals surface area (Å²) in [5.74, 6) is 0.473. The Morgan fingerprint density at radius 1 is 1.04 bits per heavy atom. The summed E-state index contributed by atoms with van der Waals surface area (Å²) in [5, 5.41) is 0. The summed E-state index contributed by atoms with van der Waals surface area (Å²) < 4.78 is 5.15. The summed E-state index contributed by atoms with van der Waals surface area (Å²) in [6, 6.07) is 9.27. The van der Waals surface area contributed by atoms with Gasteiger partial charge in [0.25, 0.3) is 0 Å². The third-order valence-electron chi connectivity index (χ3n) is 4.18. The number of rotatable bonds is 2. The SMILES string of the molecule is COc1ccc(-c2cc3c(cn2)C=C2C(=O)C=CC=C2C3=O)cc1. The molecule has 0 saturated heterocycles. The first-order chi connectivity index (χ1) is 11.7. The van der Waals surface area contributed by atoms with Crippen molar-refractivity contribution in [2.75, 3.05) is 7.11 Å². The maximum atomic E-state index is 12.7. The van der Waals surface area contributed by atoms with E-state index < -0.39 is 0 Å². The van der Waals surface area contributed by atoms with E-state index in [0.717, 1.165) is 11.3 Å². The molecule has 0 fully saturated rings. The average molecular weight is 315 g/mol. The number of methoxy groups -OCH3 is 1. The molecule has 0 unspecified atom stereocenters. The molecule has 0 bridgehead atoms. The van der Waals surface area contributed by atoms with Crippen LogP contribution in [-0.4, -0.2) is 23.7 Å². The molecular formula is C20H13NO3. The third-order valence-corrected chi connectivity index (χ3v) is 4.18. The second-order valence-corrected chi connectivity index (χ2v) is 5.58. The summed E-state index contributed by atoms with van der Waals surface area (Å²) in [6.07, 6.45) is 8.14. The molecule has 4 heteroatoms. The summed E-state index contributed by atoms with van der Waals surface area (Å²) in [4.78, 5) is 29.1. The fraction of sp³-hybridized carbons (Fsp3) is 0.0500. The van der Waals surface area contributed by atoms with E-state index in [2.05, 4.69) is 4.98 Å². The van der Waals surface area contributed by atoms with Crippen LogP contribution in [0, 0.1) is 0 Å². The number of ketones is 2. The van der Waals surface area contributed by atoms with Crippen molar-refractivity contribution in [3.8, 4) is 17.0 Å². The molecule has 4 rings (SSSR count). The minimum absolute atomic E-state index is 0.141. The lowest BCUT2D eigenvalue weighted by atomic mass is 9.83. The lowest BCUT2D eigenvalue weighted by Crippen LogP contribution is -2.18. The molecule has 0 spiro atoms. The highest BCUT2D eigenvalue weighted by Crippen LogP contribution is 2.32. The molecule has 0 radical (unpaired) electrons. The maximum absolute atomic E-state index is 12.7. The van der Waals surface area contributed by atoms with Crippen LogP contribution in [0.2, 0.25) is 0 Å². The Morgan fingerprint density at radius 2 is 1.83 bits per heavy atom. The van der Waals surface area contributed by atoms with Crippen molar-refractivity contribution >= 4 is 17.6 Å². The number of hydrogen-bond donors (Lipinski definition) is 0. The number of ether oxygens (including phenoxy) is 1. The zero-order valence-corrected chi connectivity index (χ0v) is 12.9. The number of nitrogens with zero attached hydrogens (tertiary/aromatic N) is 1. The number of carbonyl (C=O) groups is 2. The average Bonchev–Trinajstić information content (AvgIpc) is 2.63. The van der Waals surface area contributed by atoms with Crippen molar-refractivity contribution in [1.82, 2.24) is 4.98 Å². The minimum Gasteiger partial charge on any atom is -0.497 e. The Kier molecular flexibility index (Phi) is 3.24. The van der Waals surface area contributed by atoms with Gasteiger partial charge in [-0.2, -0.15) is 0 Å². The van der Waals surface area contributed by atoms with Crippen LogP contribution < -0.4 is 4.74 Å². The first-order valence-electron chi connectivity index (χ1n) is 7.51. The molecule has 1 aromatic heterocycles. The molecule has 0 N–H and O–H groups in total. The summed E-state index contributed by atoms with van der Waals surface area (Å²) in [6.45, 7) is 0. The first kappa shape index (κ1) is 14.3. The minimum atomic E-state index is -0.147. The molecule has 1 aromatic carbocycles. The van der Waals surface area contributed by atoms with Crippen LogP contribution in [0.5, 0.6) is 5.75 Å². The van der Waals surface area contributed by atoms with Gasteiger partial charge < -0.3 is 4.74 Å². The quantitative estimate of drug-likeness (QED) is 0.852. The van der Waals surface area contributed by atoms with Crippen molar-refractivity contribution in [1.29, 1.82) is 0 Å². The number of hydrogen-bond acceptors (Lipinski definition) is 4. The van der Waals surface area contributed by atoms with E-state index in [1.54, 1.807) is 37.6 Å². The normalized spacial score (nSPS) is 15.4. The van der Waals surface area contributed by atoms with E-state index in [0.29, 0.717) is 28.0 Å².